The van der Waals surface area contributed by atoms with E-state index in [9.17, 15) is 4.79 Å². The number of aryl methyl sites for hydroxylation is 2. The van der Waals surface area contributed by atoms with E-state index >= 15 is 0 Å². The second-order valence-corrected chi connectivity index (χ2v) is 8.14. The molecule has 1 atom stereocenters. The van der Waals surface area contributed by atoms with Crippen LogP contribution >= 0.6 is 0 Å². The lowest BCUT2D eigenvalue weighted by Crippen LogP contribution is -2.39. The lowest BCUT2D eigenvalue weighted by Gasteiger charge is -2.31. The van der Waals surface area contributed by atoms with Gasteiger partial charge in [0, 0.05) is 32.1 Å². The zero-order chi connectivity index (χ0) is 21.4. The lowest BCUT2D eigenvalue weighted by atomic mass is 9.97. The SMILES string of the molecule is Cc1ccc(Oc2ccc(C(=O)N3CCCC(c4nc5ccccc5n4C)C3)o2)cc1. The molecule has 31 heavy (non-hydrogen) atoms. The van der Waals surface area contributed by atoms with Crippen LogP contribution in [0.1, 0.15) is 40.7 Å². The third-order valence-corrected chi connectivity index (χ3v) is 5.93. The van der Waals surface area contributed by atoms with E-state index in [-0.39, 0.29) is 11.8 Å². The standard InChI is InChI=1S/C25H25N3O3/c1-17-9-11-19(12-10-17)30-23-14-13-22(31-23)25(29)28-15-5-6-18(16-28)24-26-20-7-3-4-8-21(20)27(24)2/h3-4,7-14,18H,5-6,15-16H2,1-2H3. The van der Waals surface area contributed by atoms with Crippen molar-refractivity contribution in [2.45, 2.75) is 25.7 Å². The minimum Gasteiger partial charge on any atom is -0.426 e. The van der Waals surface area contributed by atoms with Crippen molar-refractivity contribution in [2.24, 2.45) is 7.05 Å². The molecule has 1 unspecified atom stereocenters. The molecule has 0 radical (unpaired) electrons. The molecule has 158 valence electrons. The molecule has 0 saturated carbocycles. The van der Waals surface area contributed by atoms with E-state index in [4.69, 9.17) is 14.1 Å². The number of furan rings is 1. The third-order valence-electron chi connectivity index (χ3n) is 5.93. The number of hydrogen-bond donors (Lipinski definition) is 0. The Morgan fingerprint density at radius 2 is 1.90 bits per heavy atom. The van der Waals surface area contributed by atoms with Gasteiger partial charge in [0.2, 0.25) is 0 Å². The van der Waals surface area contributed by atoms with Gasteiger partial charge in [-0.1, -0.05) is 29.8 Å². The maximum atomic E-state index is 13.1. The Balaban J connectivity index is 1.31. The highest BCUT2D eigenvalue weighted by molar-refractivity contribution is 5.91. The zero-order valence-electron chi connectivity index (χ0n) is 17.7. The molecule has 0 bridgehead atoms. The summed E-state index contributed by atoms with van der Waals surface area (Å²) in [6, 6.07) is 19.2. The molecule has 1 amide bonds. The Morgan fingerprint density at radius 3 is 2.71 bits per heavy atom. The smallest absolute Gasteiger partial charge is 0.290 e. The Bertz CT molecular complexity index is 1220. The Hall–Kier alpha value is -3.54. The number of benzene rings is 2. The van der Waals surface area contributed by atoms with E-state index in [1.165, 1.54) is 0 Å². The van der Waals surface area contributed by atoms with Crippen molar-refractivity contribution >= 4 is 16.9 Å². The number of fused-ring (bicyclic) bond motifs is 1. The quantitative estimate of drug-likeness (QED) is 0.455. The number of carbonyl (C=O) groups is 1. The fraction of sp³-hybridized carbons (Fsp3) is 0.280. The normalized spacial score (nSPS) is 16.6. The number of ether oxygens (including phenoxy) is 1. The number of likely N-dealkylation sites (tertiary alicyclic amines) is 1. The topological polar surface area (TPSA) is 60.5 Å². The predicted molar refractivity (Wildman–Crippen MR) is 119 cm³/mol. The minimum atomic E-state index is -0.109. The van der Waals surface area contributed by atoms with Gasteiger partial charge in [-0.15, -0.1) is 0 Å². The molecule has 0 N–H and O–H groups in total. The van der Waals surface area contributed by atoms with E-state index in [1.807, 2.05) is 61.3 Å². The van der Waals surface area contributed by atoms with Gasteiger partial charge in [-0.2, -0.15) is 0 Å². The number of rotatable bonds is 4. The average molecular weight is 415 g/mol. The van der Waals surface area contributed by atoms with Crippen LogP contribution in [0.25, 0.3) is 11.0 Å². The lowest BCUT2D eigenvalue weighted by molar-refractivity contribution is 0.0666. The summed E-state index contributed by atoms with van der Waals surface area (Å²) in [7, 11) is 2.05. The van der Waals surface area contributed by atoms with Crippen molar-refractivity contribution in [3.8, 4) is 11.7 Å². The summed E-state index contributed by atoms with van der Waals surface area (Å²) in [6.45, 7) is 3.37. The highest BCUT2D eigenvalue weighted by Gasteiger charge is 2.29. The summed E-state index contributed by atoms with van der Waals surface area (Å²) in [5.41, 5.74) is 3.26. The monoisotopic (exact) mass is 415 g/mol. The van der Waals surface area contributed by atoms with Crippen molar-refractivity contribution < 1.29 is 13.9 Å². The number of hydrogen-bond acceptors (Lipinski definition) is 4. The van der Waals surface area contributed by atoms with Crippen LogP contribution in [0.3, 0.4) is 0 Å². The van der Waals surface area contributed by atoms with Crippen LogP contribution in [0.2, 0.25) is 0 Å². The van der Waals surface area contributed by atoms with Crippen LogP contribution < -0.4 is 4.74 Å². The summed E-state index contributed by atoms with van der Waals surface area (Å²) >= 11 is 0. The molecular weight excluding hydrogens is 390 g/mol. The molecule has 2 aromatic carbocycles. The summed E-state index contributed by atoms with van der Waals surface area (Å²) < 4.78 is 13.6. The van der Waals surface area contributed by atoms with Crippen LogP contribution in [-0.2, 0) is 7.05 Å². The first kappa shape index (κ1) is 19.4. The number of imidazole rings is 1. The van der Waals surface area contributed by atoms with Gasteiger partial charge in [-0.3, -0.25) is 4.79 Å². The average Bonchev–Trinajstić information content (AvgIpc) is 3.40. The first-order chi connectivity index (χ1) is 15.1. The first-order valence-corrected chi connectivity index (χ1v) is 10.6. The third kappa shape index (κ3) is 3.81. The number of piperidine rings is 1. The van der Waals surface area contributed by atoms with Gasteiger partial charge in [0.1, 0.15) is 11.6 Å². The van der Waals surface area contributed by atoms with Crippen LogP contribution in [0.5, 0.6) is 11.7 Å². The summed E-state index contributed by atoms with van der Waals surface area (Å²) in [5.74, 6) is 2.42. The largest absolute Gasteiger partial charge is 0.426 e. The van der Waals surface area contributed by atoms with E-state index in [2.05, 4.69) is 10.6 Å². The van der Waals surface area contributed by atoms with Gasteiger partial charge >= 0.3 is 0 Å². The highest BCUT2D eigenvalue weighted by atomic mass is 16.6. The zero-order valence-corrected chi connectivity index (χ0v) is 17.7. The van der Waals surface area contributed by atoms with E-state index in [1.54, 1.807) is 12.1 Å². The van der Waals surface area contributed by atoms with Gasteiger partial charge in [0.15, 0.2) is 5.76 Å². The van der Waals surface area contributed by atoms with Gasteiger partial charge in [0.05, 0.1) is 11.0 Å². The number of carbonyl (C=O) groups excluding carboxylic acids is 1. The molecule has 5 rings (SSSR count). The number of nitrogens with zero attached hydrogens (tertiary/aromatic N) is 3. The number of para-hydroxylation sites is 2. The van der Waals surface area contributed by atoms with Crippen molar-refractivity contribution in [2.75, 3.05) is 13.1 Å². The van der Waals surface area contributed by atoms with Crippen molar-refractivity contribution in [1.29, 1.82) is 0 Å². The van der Waals surface area contributed by atoms with Crippen molar-refractivity contribution in [1.82, 2.24) is 14.5 Å². The van der Waals surface area contributed by atoms with Crippen LogP contribution in [0, 0.1) is 6.92 Å². The second-order valence-electron chi connectivity index (χ2n) is 8.14. The molecule has 1 saturated heterocycles. The summed E-state index contributed by atoms with van der Waals surface area (Å²) in [4.78, 5) is 19.8. The maximum Gasteiger partial charge on any atom is 0.290 e. The van der Waals surface area contributed by atoms with E-state index < -0.39 is 0 Å². The second kappa shape index (κ2) is 7.95. The molecule has 1 aliphatic heterocycles. The van der Waals surface area contributed by atoms with Gasteiger partial charge < -0.3 is 18.6 Å². The first-order valence-electron chi connectivity index (χ1n) is 10.6. The minimum absolute atomic E-state index is 0.109. The Kier molecular flexibility index (Phi) is 4.98. The molecule has 1 fully saturated rings. The van der Waals surface area contributed by atoms with Gasteiger partial charge in [-0.05, 0) is 50.1 Å². The van der Waals surface area contributed by atoms with Crippen molar-refractivity contribution in [3.05, 3.63) is 77.8 Å². The van der Waals surface area contributed by atoms with Crippen molar-refractivity contribution in [3.63, 3.8) is 0 Å². The Morgan fingerprint density at radius 1 is 1.10 bits per heavy atom. The Labute approximate surface area is 181 Å². The molecule has 1 aliphatic rings. The highest BCUT2D eigenvalue weighted by Crippen LogP contribution is 2.30. The number of amides is 1. The molecule has 0 spiro atoms. The molecule has 6 nitrogen and oxygen atoms in total. The predicted octanol–water partition coefficient (Wildman–Crippen LogP) is 5.29. The molecular formula is C25H25N3O3. The van der Waals surface area contributed by atoms with Gasteiger partial charge in [-0.25, -0.2) is 4.98 Å². The van der Waals surface area contributed by atoms with Gasteiger partial charge in [0.25, 0.3) is 11.9 Å². The maximum absolute atomic E-state index is 13.1. The fourth-order valence-electron chi connectivity index (χ4n) is 4.27. The molecule has 3 heterocycles. The molecule has 2 aromatic heterocycles. The fourth-order valence-corrected chi connectivity index (χ4v) is 4.27. The van der Waals surface area contributed by atoms with Crippen LogP contribution in [0.15, 0.2) is 65.1 Å². The molecule has 4 aromatic rings. The molecule has 6 heteroatoms. The molecule has 0 aliphatic carbocycles. The number of aromatic nitrogens is 2. The van der Waals surface area contributed by atoms with Crippen LogP contribution in [-0.4, -0.2) is 33.4 Å². The summed E-state index contributed by atoms with van der Waals surface area (Å²) in [5, 5.41) is 0. The van der Waals surface area contributed by atoms with E-state index in [0.717, 1.165) is 35.3 Å². The summed E-state index contributed by atoms with van der Waals surface area (Å²) in [6.07, 6.45) is 1.95. The van der Waals surface area contributed by atoms with E-state index in [0.29, 0.717) is 30.5 Å². The van der Waals surface area contributed by atoms with Crippen LogP contribution in [0.4, 0.5) is 0 Å².